The smallest absolute Gasteiger partial charge is 0.322 e. The Morgan fingerprint density at radius 3 is 2.56 bits per heavy atom. The third-order valence-corrected chi connectivity index (χ3v) is 5.19. The zero-order valence-corrected chi connectivity index (χ0v) is 16.6. The number of amides is 1. The van der Waals surface area contributed by atoms with E-state index in [1.165, 1.54) is 17.0 Å². The number of hydrogen-bond acceptors (Lipinski definition) is 2. The number of benzene rings is 2. The Hall–Kier alpha value is -2.36. The van der Waals surface area contributed by atoms with E-state index in [0.29, 0.717) is 11.3 Å². The standard InChI is InChI=1S/C19H15F3IN3O/c1-11-9-26(10-24-11)15-7-13(19(20,21)22)6-14(8-15)25-18(27)16-4-3-5-17(23)12(16)2/h3-10H,1-2H3,(H,25,27). The van der Waals surface area contributed by atoms with Crippen LogP contribution in [0.2, 0.25) is 0 Å². The summed E-state index contributed by atoms with van der Waals surface area (Å²) in [5.41, 5.74) is 1.34. The van der Waals surface area contributed by atoms with Gasteiger partial charge in [0.15, 0.2) is 0 Å². The number of nitrogens with zero attached hydrogens (tertiary/aromatic N) is 2. The van der Waals surface area contributed by atoms with Gasteiger partial charge in [-0.05, 0) is 72.3 Å². The lowest BCUT2D eigenvalue weighted by molar-refractivity contribution is -0.137. The molecule has 140 valence electrons. The van der Waals surface area contributed by atoms with Crippen LogP contribution in [0.15, 0.2) is 48.9 Å². The fourth-order valence-electron chi connectivity index (χ4n) is 2.61. The lowest BCUT2D eigenvalue weighted by atomic mass is 10.1. The van der Waals surface area contributed by atoms with Crippen LogP contribution in [0.5, 0.6) is 0 Å². The first-order valence-corrected chi connectivity index (χ1v) is 9.03. The molecule has 0 atom stereocenters. The zero-order valence-electron chi connectivity index (χ0n) is 14.4. The summed E-state index contributed by atoms with van der Waals surface area (Å²) in [6, 6.07) is 8.66. The van der Waals surface area contributed by atoms with Gasteiger partial charge in [0.25, 0.3) is 5.91 Å². The molecule has 1 aromatic heterocycles. The molecule has 1 amide bonds. The fourth-order valence-corrected chi connectivity index (χ4v) is 3.11. The molecule has 0 unspecified atom stereocenters. The van der Waals surface area contributed by atoms with E-state index in [0.717, 1.165) is 21.3 Å². The molecule has 0 radical (unpaired) electrons. The van der Waals surface area contributed by atoms with Crippen LogP contribution < -0.4 is 5.32 Å². The predicted molar refractivity (Wildman–Crippen MR) is 105 cm³/mol. The first-order valence-electron chi connectivity index (χ1n) is 7.95. The molecule has 3 aromatic rings. The second-order valence-corrected chi connectivity index (χ2v) is 7.22. The van der Waals surface area contributed by atoms with Gasteiger partial charge in [0.2, 0.25) is 0 Å². The lowest BCUT2D eigenvalue weighted by Gasteiger charge is -2.14. The number of nitrogens with one attached hydrogen (secondary N) is 1. The molecule has 0 bridgehead atoms. The maximum absolute atomic E-state index is 13.3. The monoisotopic (exact) mass is 485 g/mol. The van der Waals surface area contributed by atoms with Crippen LogP contribution in [0.25, 0.3) is 5.69 Å². The summed E-state index contributed by atoms with van der Waals surface area (Å²) in [6.45, 7) is 3.54. The third-order valence-electron chi connectivity index (χ3n) is 4.03. The van der Waals surface area contributed by atoms with Gasteiger partial charge < -0.3 is 9.88 Å². The van der Waals surface area contributed by atoms with Gasteiger partial charge in [0, 0.05) is 26.7 Å². The Balaban J connectivity index is 2.01. The Kier molecular flexibility index (Phi) is 5.27. The number of hydrogen-bond donors (Lipinski definition) is 1. The van der Waals surface area contributed by atoms with Gasteiger partial charge in [0.1, 0.15) is 0 Å². The topological polar surface area (TPSA) is 46.9 Å². The molecule has 0 aliphatic heterocycles. The Morgan fingerprint density at radius 1 is 1.19 bits per heavy atom. The van der Waals surface area contributed by atoms with Crippen LogP contribution in [0.3, 0.4) is 0 Å². The summed E-state index contributed by atoms with van der Waals surface area (Å²) >= 11 is 2.11. The van der Waals surface area contributed by atoms with Crippen LogP contribution in [0, 0.1) is 17.4 Å². The van der Waals surface area contributed by atoms with E-state index in [4.69, 9.17) is 0 Å². The number of alkyl halides is 3. The number of anilines is 1. The van der Waals surface area contributed by atoms with Crippen LogP contribution in [-0.4, -0.2) is 15.5 Å². The van der Waals surface area contributed by atoms with Gasteiger partial charge in [-0.1, -0.05) is 6.07 Å². The van der Waals surface area contributed by atoms with Crippen molar-refractivity contribution < 1.29 is 18.0 Å². The normalized spacial score (nSPS) is 11.5. The maximum Gasteiger partial charge on any atom is 0.416 e. The predicted octanol–water partition coefficient (Wildman–Crippen LogP) is 5.36. The summed E-state index contributed by atoms with van der Waals surface area (Å²) in [5.74, 6) is -0.460. The summed E-state index contributed by atoms with van der Waals surface area (Å²) in [5, 5.41) is 2.58. The van der Waals surface area contributed by atoms with Crippen molar-refractivity contribution in [3.8, 4) is 5.69 Å². The highest BCUT2D eigenvalue weighted by atomic mass is 127. The van der Waals surface area contributed by atoms with E-state index in [1.807, 2.05) is 6.07 Å². The quantitative estimate of drug-likeness (QED) is 0.508. The second-order valence-electron chi connectivity index (χ2n) is 6.06. The molecule has 4 nitrogen and oxygen atoms in total. The molecule has 0 saturated carbocycles. The Bertz CT molecular complexity index is 1010. The molecule has 0 aliphatic carbocycles. The minimum Gasteiger partial charge on any atom is -0.322 e. The number of halogens is 4. The van der Waals surface area contributed by atoms with Crippen molar-refractivity contribution in [2.45, 2.75) is 20.0 Å². The molecule has 1 heterocycles. The Labute approximate surface area is 167 Å². The van der Waals surface area contributed by atoms with Crippen molar-refractivity contribution in [1.29, 1.82) is 0 Å². The van der Waals surface area contributed by atoms with E-state index in [1.54, 1.807) is 32.2 Å². The van der Waals surface area contributed by atoms with Gasteiger partial charge in [-0.3, -0.25) is 4.79 Å². The first-order chi connectivity index (χ1) is 12.6. The number of carbonyl (C=O) groups is 1. The minimum atomic E-state index is -4.54. The van der Waals surface area contributed by atoms with Crippen molar-refractivity contribution in [3.05, 3.63) is 74.9 Å². The van der Waals surface area contributed by atoms with Gasteiger partial charge in [-0.25, -0.2) is 4.98 Å². The number of imidazole rings is 1. The molecule has 1 N–H and O–H groups in total. The summed E-state index contributed by atoms with van der Waals surface area (Å²) in [4.78, 5) is 16.6. The average Bonchev–Trinajstić information content (AvgIpc) is 3.02. The maximum atomic E-state index is 13.3. The molecule has 0 spiro atoms. The zero-order chi connectivity index (χ0) is 19.8. The molecule has 2 aromatic carbocycles. The molecule has 0 aliphatic rings. The lowest BCUT2D eigenvalue weighted by Crippen LogP contribution is -2.15. The van der Waals surface area contributed by atoms with Gasteiger partial charge in [-0.15, -0.1) is 0 Å². The molecule has 3 rings (SSSR count). The molecule has 0 saturated heterocycles. The highest BCUT2D eigenvalue weighted by Gasteiger charge is 2.31. The third kappa shape index (κ3) is 4.32. The summed E-state index contributed by atoms with van der Waals surface area (Å²) < 4.78 is 42.3. The SMILES string of the molecule is Cc1cn(-c2cc(NC(=O)c3cccc(I)c3C)cc(C(F)(F)F)c2)cn1. The van der Waals surface area contributed by atoms with Crippen molar-refractivity contribution >= 4 is 34.2 Å². The van der Waals surface area contributed by atoms with Crippen LogP contribution in [0.1, 0.15) is 27.2 Å². The molecule has 27 heavy (non-hydrogen) atoms. The van der Waals surface area contributed by atoms with Crippen LogP contribution in [-0.2, 0) is 6.18 Å². The van der Waals surface area contributed by atoms with Crippen LogP contribution >= 0.6 is 22.6 Å². The minimum absolute atomic E-state index is 0.0643. The molecular formula is C19H15F3IN3O. The Morgan fingerprint density at radius 2 is 1.93 bits per heavy atom. The highest BCUT2D eigenvalue weighted by molar-refractivity contribution is 14.1. The van der Waals surface area contributed by atoms with Crippen LogP contribution in [0.4, 0.5) is 18.9 Å². The molecular weight excluding hydrogens is 470 g/mol. The summed E-state index contributed by atoms with van der Waals surface area (Å²) in [7, 11) is 0. The summed E-state index contributed by atoms with van der Waals surface area (Å²) in [6.07, 6.45) is -1.49. The van der Waals surface area contributed by atoms with E-state index in [9.17, 15) is 18.0 Å². The van der Waals surface area contributed by atoms with Crippen molar-refractivity contribution in [2.75, 3.05) is 5.32 Å². The van der Waals surface area contributed by atoms with Gasteiger partial charge in [-0.2, -0.15) is 13.2 Å². The largest absolute Gasteiger partial charge is 0.416 e. The number of aromatic nitrogens is 2. The first kappa shape index (κ1) is 19.4. The van der Waals surface area contributed by atoms with Crippen molar-refractivity contribution in [3.63, 3.8) is 0 Å². The van der Waals surface area contributed by atoms with Crippen molar-refractivity contribution in [2.24, 2.45) is 0 Å². The van der Waals surface area contributed by atoms with E-state index in [-0.39, 0.29) is 11.4 Å². The highest BCUT2D eigenvalue weighted by Crippen LogP contribution is 2.33. The van der Waals surface area contributed by atoms with E-state index in [2.05, 4.69) is 32.9 Å². The van der Waals surface area contributed by atoms with Gasteiger partial charge in [0.05, 0.1) is 17.6 Å². The van der Waals surface area contributed by atoms with Crippen molar-refractivity contribution in [1.82, 2.24) is 9.55 Å². The van der Waals surface area contributed by atoms with E-state index >= 15 is 0 Å². The van der Waals surface area contributed by atoms with Gasteiger partial charge >= 0.3 is 6.18 Å². The number of rotatable bonds is 3. The van der Waals surface area contributed by atoms with E-state index < -0.39 is 17.6 Å². The fraction of sp³-hybridized carbons (Fsp3) is 0.158. The number of aryl methyl sites for hydroxylation is 1. The molecule has 8 heteroatoms. The molecule has 0 fully saturated rings. The number of carbonyl (C=O) groups excluding carboxylic acids is 1. The average molecular weight is 485 g/mol. The second kappa shape index (κ2) is 7.34.